The van der Waals surface area contributed by atoms with Gasteiger partial charge in [0.2, 0.25) is 0 Å². The van der Waals surface area contributed by atoms with Crippen LogP contribution >= 0.6 is 11.8 Å². The lowest BCUT2D eigenvalue weighted by molar-refractivity contribution is 0.469. The van der Waals surface area contributed by atoms with Crippen LogP contribution in [0.1, 0.15) is 39.7 Å². The van der Waals surface area contributed by atoms with Gasteiger partial charge in [-0.25, -0.2) is 0 Å². The first-order valence-electron chi connectivity index (χ1n) is 5.67. The van der Waals surface area contributed by atoms with Crippen LogP contribution in [0.4, 0.5) is 0 Å². The molecule has 1 aromatic rings. The van der Waals surface area contributed by atoms with E-state index in [0.717, 1.165) is 0 Å². The minimum absolute atomic E-state index is 0.500. The first kappa shape index (κ1) is 12.6. The van der Waals surface area contributed by atoms with Crippen molar-refractivity contribution in [2.75, 3.05) is 5.75 Å². The highest BCUT2D eigenvalue weighted by Gasteiger charge is 2.06. The molecule has 1 heterocycles. The van der Waals surface area contributed by atoms with Crippen molar-refractivity contribution in [3.05, 3.63) is 29.8 Å². The van der Waals surface area contributed by atoms with Gasteiger partial charge in [-0.1, -0.05) is 45.9 Å². The average Bonchev–Trinajstić information content (AvgIpc) is 2.16. The third-order valence-corrected chi connectivity index (χ3v) is 3.02. The van der Waals surface area contributed by atoms with E-state index in [2.05, 4.69) is 52.0 Å². The summed E-state index contributed by atoms with van der Waals surface area (Å²) in [5.41, 5.74) is 2.04. The zero-order valence-corrected chi connectivity index (χ0v) is 11.2. The lowest BCUT2D eigenvalue weighted by Crippen LogP contribution is -1.96. The van der Waals surface area contributed by atoms with Crippen molar-refractivity contribution in [1.82, 2.24) is 0 Å². The molecule has 15 heavy (non-hydrogen) atoms. The standard InChI is InChI=1S/C9H10S.C5H12/c1-2-6-9-8(4-1)5-3-7-10-9;1-5(2,3)4/h1-2,4,6H,3,5,7H2;1-4H3. The van der Waals surface area contributed by atoms with Gasteiger partial charge >= 0.3 is 0 Å². The number of fused-ring (bicyclic) bond motifs is 1. The van der Waals surface area contributed by atoms with Crippen LogP contribution in [0, 0.1) is 5.41 Å². The quantitative estimate of drug-likeness (QED) is 0.609. The maximum absolute atomic E-state index is 2.24. The van der Waals surface area contributed by atoms with Crippen LogP contribution in [-0.2, 0) is 6.42 Å². The summed E-state index contributed by atoms with van der Waals surface area (Å²) in [5.74, 6) is 1.30. The average molecular weight is 222 g/mol. The first-order chi connectivity index (χ1) is 6.97. The van der Waals surface area contributed by atoms with Crippen LogP contribution in [0.5, 0.6) is 0 Å². The summed E-state index contributed by atoms with van der Waals surface area (Å²) in [4.78, 5) is 1.49. The molecule has 0 amide bonds. The number of hydrogen-bond donors (Lipinski definition) is 0. The fourth-order valence-corrected chi connectivity index (χ4v) is 2.33. The second kappa shape index (κ2) is 5.60. The molecule has 0 atom stereocenters. The molecule has 84 valence electrons. The smallest absolute Gasteiger partial charge is 0.0104 e. The molecule has 0 aromatic heterocycles. The van der Waals surface area contributed by atoms with Crippen LogP contribution in [-0.4, -0.2) is 5.75 Å². The Kier molecular flexibility index (Phi) is 4.72. The van der Waals surface area contributed by atoms with Gasteiger partial charge in [-0.2, -0.15) is 0 Å². The van der Waals surface area contributed by atoms with E-state index in [1.807, 2.05) is 11.8 Å². The third kappa shape index (κ3) is 5.88. The van der Waals surface area contributed by atoms with Crippen molar-refractivity contribution in [3.8, 4) is 0 Å². The molecule has 0 saturated heterocycles. The molecule has 0 aliphatic carbocycles. The van der Waals surface area contributed by atoms with E-state index in [1.165, 1.54) is 23.5 Å². The zero-order valence-electron chi connectivity index (χ0n) is 10.3. The van der Waals surface area contributed by atoms with E-state index in [1.54, 1.807) is 5.56 Å². The predicted molar refractivity (Wildman–Crippen MR) is 70.6 cm³/mol. The molecule has 0 unspecified atom stereocenters. The lowest BCUT2D eigenvalue weighted by Gasteiger charge is -2.13. The molecule has 1 aliphatic heterocycles. The minimum Gasteiger partial charge on any atom is -0.126 e. The molecule has 1 aromatic carbocycles. The fourth-order valence-electron chi connectivity index (χ4n) is 1.30. The Bertz CT molecular complexity index is 265. The Morgan fingerprint density at radius 2 is 1.67 bits per heavy atom. The summed E-state index contributed by atoms with van der Waals surface area (Å²) in [5, 5.41) is 0. The van der Waals surface area contributed by atoms with E-state index >= 15 is 0 Å². The monoisotopic (exact) mass is 222 g/mol. The molecular weight excluding hydrogens is 200 g/mol. The van der Waals surface area contributed by atoms with E-state index in [0.29, 0.717) is 5.41 Å². The Balaban J connectivity index is 0.000000195. The highest BCUT2D eigenvalue weighted by molar-refractivity contribution is 7.99. The van der Waals surface area contributed by atoms with Crippen molar-refractivity contribution in [1.29, 1.82) is 0 Å². The maximum atomic E-state index is 2.24. The van der Waals surface area contributed by atoms with Gasteiger partial charge < -0.3 is 0 Å². The molecule has 0 N–H and O–H groups in total. The van der Waals surface area contributed by atoms with Crippen molar-refractivity contribution < 1.29 is 0 Å². The Hall–Kier alpha value is -0.430. The summed E-state index contributed by atoms with van der Waals surface area (Å²) in [6, 6.07) is 8.71. The molecule has 2 rings (SSSR count). The molecular formula is C14H22S. The van der Waals surface area contributed by atoms with Crippen LogP contribution < -0.4 is 0 Å². The zero-order chi connectivity index (χ0) is 11.3. The maximum Gasteiger partial charge on any atom is 0.0104 e. The van der Waals surface area contributed by atoms with Crippen LogP contribution in [0.3, 0.4) is 0 Å². The van der Waals surface area contributed by atoms with Crippen LogP contribution in [0.25, 0.3) is 0 Å². The number of hydrogen-bond acceptors (Lipinski definition) is 1. The Morgan fingerprint density at radius 1 is 1.07 bits per heavy atom. The SMILES string of the molecule is CC(C)(C)C.c1ccc2c(c1)CCCS2. The highest BCUT2D eigenvalue weighted by atomic mass is 32.2. The van der Waals surface area contributed by atoms with E-state index in [4.69, 9.17) is 0 Å². The number of benzene rings is 1. The van der Waals surface area contributed by atoms with Gasteiger partial charge in [-0.05, 0) is 35.6 Å². The van der Waals surface area contributed by atoms with Gasteiger partial charge in [0.1, 0.15) is 0 Å². The molecule has 1 heteroatoms. The van der Waals surface area contributed by atoms with Gasteiger partial charge in [-0.15, -0.1) is 11.8 Å². The van der Waals surface area contributed by atoms with Gasteiger partial charge in [-0.3, -0.25) is 0 Å². The summed E-state index contributed by atoms with van der Waals surface area (Å²) in [6.45, 7) is 8.75. The van der Waals surface area contributed by atoms with E-state index in [9.17, 15) is 0 Å². The molecule has 0 radical (unpaired) electrons. The van der Waals surface area contributed by atoms with E-state index < -0.39 is 0 Å². The number of rotatable bonds is 0. The summed E-state index contributed by atoms with van der Waals surface area (Å²) < 4.78 is 0. The highest BCUT2D eigenvalue weighted by Crippen LogP contribution is 2.28. The van der Waals surface area contributed by atoms with Gasteiger partial charge in [0.15, 0.2) is 0 Å². The second-order valence-electron chi connectivity index (χ2n) is 5.56. The van der Waals surface area contributed by atoms with Gasteiger partial charge in [0, 0.05) is 4.90 Å². The van der Waals surface area contributed by atoms with Gasteiger partial charge in [0.25, 0.3) is 0 Å². The molecule has 1 aliphatic rings. The molecule has 0 spiro atoms. The topological polar surface area (TPSA) is 0 Å². The second-order valence-corrected chi connectivity index (χ2v) is 6.70. The fraction of sp³-hybridized carbons (Fsp3) is 0.571. The molecule has 0 fully saturated rings. The predicted octanol–water partition coefficient (Wildman–Crippen LogP) is 4.78. The van der Waals surface area contributed by atoms with Gasteiger partial charge in [0.05, 0.1) is 0 Å². The van der Waals surface area contributed by atoms with Crippen LogP contribution in [0.2, 0.25) is 0 Å². The van der Waals surface area contributed by atoms with Crippen molar-refractivity contribution in [2.24, 2.45) is 5.41 Å². The minimum atomic E-state index is 0.500. The Morgan fingerprint density at radius 3 is 2.27 bits per heavy atom. The van der Waals surface area contributed by atoms with Crippen molar-refractivity contribution in [2.45, 2.75) is 45.4 Å². The molecule has 0 bridgehead atoms. The van der Waals surface area contributed by atoms with E-state index in [-0.39, 0.29) is 0 Å². The third-order valence-electron chi connectivity index (χ3n) is 1.82. The lowest BCUT2D eigenvalue weighted by atomic mass is 10.0. The largest absolute Gasteiger partial charge is 0.126 e. The summed E-state index contributed by atoms with van der Waals surface area (Å²) in [7, 11) is 0. The van der Waals surface area contributed by atoms with Crippen molar-refractivity contribution in [3.63, 3.8) is 0 Å². The Labute approximate surface area is 98.5 Å². The summed E-state index contributed by atoms with van der Waals surface area (Å²) >= 11 is 1.99. The van der Waals surface area contributed by atoms with Crippen LogP contribution in [0.15, 0.2) is 29.2 Å². The molecule has 0 saturated carbocycles. The normalized spacial score (nSPS) is 14.9. The first-order valence-corrected chi connectivity index (χ1v) is 6.66. The number of thioether (sulfide) groups is 1. The van der Waals surface area contributed by atoms with Crippen molar-refractivity contribution >= 4 is 11.8 Å². The number of aryl methyl sites for hydroxylation is 1. The summed E-state index contributed by atoms with van der Waals surface area (Å²) in [6.07, 6.45) is 2.63. The molecule has 0 nitrogen and oxygen atoms in total.